The Labute approximate surface area is 175 Å². The highest BCUT2D eigenvalue weighted by molar-refractivity contribution is 7.89. The second kappa shape index (κ2) is 9.33. The van der Waals surface area contributed by atoms with E-state index in [1.807, 2.05) is 0 Å². The van der Waals surface area contributed by atoms with E-state index in [0.717, 1.165) is 5.75 Å². The summed E-state index contributed by atoms with van der Waals surface area (Å²) in [6.07, 6.45) is 0.864. The van der Waals surface area contributed by atoms with Crippen LogP contribution in [0.4, 0.5) is 0 Å². The standard InChI is InChI=1S/C20H24N2O7S/c1-27-14-6-8-15(9-7-14)29-16-10-12-22(13-11-16)30(25,26)18-5-3-4-17(28-2)19(18)20(23)21-24/h3-9,16,24H,10-13H2,1-2H3,(H,21,23). The molecule has 1 heterocycles. The topological polar surface area (TPSA) is 114 Å². The number of hydrogen-bond acceptors (Lipinski definition) is 7. The zero-order valence-corrected chi connectivity index (χ0v) is 17.5. The number of sulfonamides is 1. The van der Waals surface area contributed by atoms with E-state index in [-0.39, 0.29) is 35.4 Å². The van der Waals surface area contributed by atoms with Crippen molar-refractivity contribution in [3.05, 3.63) is 48.0 Å². The first kappa shape index (κ1) is 21.9. The third-order valence-corrected chi connectivity index (χ3v) is 6.86. The van der Waals surface area contributed by atoms with Crippen molar-refractivity contribution in [2.24, 2.45) is 0 Å². The van der Waals surface area contributed by atoms with E-state index < -0.39 is 15.9 Å². The molecule has 1 aliphatic heterocycles. The number of ether oxygens (including phenoxy) is 3. The fourth-order valence-corrected chi connectivity index (χ4v) is 5.02. The molecule has 30 heavy (non-hydrogen) atoms. The van der Waals surface area contributed by atoms with Gasteiger partial charge in [0.2, 0.25) is 10.0 Å². The number of nitrogens with zero attached hydrogens (tertiary/aromatic N) is 1. The van der Waals surface area contributed by atoms with Crippen molar-refractivity contribution >= 4 is 15.9 Å². The molecule has 1 amide bonds. The summed E-state index contributed by atoms with van der Waals surface area (Å²) in [7, 11) is -1.07. The lowest BCUT2D eigenvalue weighted by molar-refractivity contribution is 0.0698. The van der Waals surface area contributed by atoms with E-state index in [1.165, 1.54) is 35.1 Å². The summed E-state index contributed by atoms with van der Waals surface area (Å²) in [6.45, 7) is 0.473. The van der Waals surface area contributed by atoms with E-state index in [0.29, 0.717) is 18.6 Å². The normalized spacial score (nSPS) is 15.4. The van der Waals surface area contributed by atoms with E-state index in [4.69, 9.17) is 19.4 Å². The number of benzene rings is 2. The molecule has 0 aliphatic carbocycles. The van der Waals surface area contributed by atoms with Gasteiger partial charge in [-0.15, -0.1) is 0 Å². The first-order valence-corrected chi connectivity index (χ1v) is 10.8. The van der Waals surface area contributed by atoms with Gasteiger partial charge < -0.3 is 14.2 Å². The first-order chi connectivity index (χ1) is 14.4. The number of methoxy groups -OCH3 is 2. The third-order valence-electron chi connectivity index (χ3n) is 4.92. The van der Waals surface area contributed by atoms with Gasteiger partial charge in [-0.05, 0) is 49.2 Å². The van der Waals surface area contributed by atoms with E-state index in [1.54, 1.807) is 31.4 Å². The minimum absolute atomic E-state index is 0.0559. The van der Waals surface area contributed by atoms with Crippen LogP contribution in [0.3, 0.4) is 0 Å². The monoisotopic (exact) mass is 436 g/mol. The number of carbonyl (C=O) groups excluding carboxylic acids is 1. The molecule has 3 rings (SSSR count). The molecule has 1 aliphatic rings. The Morgan fingerprint density at radius 3 is 2.23 bits per heavy atom. The molecule has 1 fully saturated rings. The fourth-order valence-electron chi connectivity index (χ4n) is 3.35. The van der Waals surface area contributed by atoms with Gasteiger partial charge in [0.25, 0.3) is 5.91 Å². The zero-order chi connectivity index (χ0) is 21.7. The predicted molar refractivity (Wildman–Crippen MR) is 108 cm³/mol. The van der Waals surface area contributed by atoms with Gasteiger partial charge in [-0.25, -0.2) is 13.9 Å². The number of piperidine rings is 1. The van der Waals surface area contributed by atoms with Crippen molar-refractivity contribution in [1.82, 2.24) is 9.79 Å². The maximum Gasteiger partial charge on any atom is 0.279 e. The maximum atomic E-state index is 13.2. The van der Waals surface area contributed by atoms with Gasteiger partial charge in [0.1, 0.15) is 28.9 Å². The average molecular weight is 436 g/mol. The summed E-state index contributed by atoms with van der Waals surface area (Å²) in [6, 6.07) is 11.5. The summed E-state index contributed by atoms with van der Waals surface area (Å²) >= 11 is 0. The zero-order valence-electron chi connectivity index (χ0n) is 16.7. The lowest BCUT2D eigenvalue weighted by Crippen LogP contribution is -2.42. The van der Waals surface area contributed by atoms with Gasteiger partial charge in [-0.2, -0.15) is 4.31 Å². The van der Waals surface area contributed by atoms with Gasteiger partial charge in [0.15, 0.2) is 0 Å². The molecule has 1 saturated heterocycles. The number of nitrogens with one attached hydrogen (secondary N) is 1. The largest absolute Gasteiger partial charge is 0.497 e. The van der Waals surface area contributed by atoms with Crippen LogP contribution in [-0.2, 0) is 10.0 Å². The van der Waals surface area contributed by atoms with Gasteiger partial charge >= 0.3 is 0 Å². The molecule has 0 radical (unpaired) electrons. The van der Waals surface area contributed by atoms with Crippen LogP contribution in [0.15, 0.2) is 47.4 Å². The van der Waals surface area contributed by atoms with Gasteiger partial charge in [0.05, 0.1) is 19.1 Å². The summed E-state index contributed by atoms with van der Waals surface area (Å²) in [5.74, 6) is 0.514. The Morgan fingerprint density at radius 2 is 1.67 bits per heavy atom. The molecule has 0 bridgehead atoms. The lowest BCUT2D eigenvalue weighted by atomic mass is 10.1. The maximum absolute atomic E-state index is 13.2. The summed E-state index contributed by atoms with van der Waals surface area (Å²) < 4.78 is 43.9. The molecule has 2 N–H and O–H groups in total. The van der Waals surface area contributed by atoms with Crippen LogP contribution in [0.5, 0.6) is 17.2 Å². The molecular formula is C20H24N2O7S. The molecule has 9 nitrogen and oxygen atoms in total. The van der Waals surface area contributed by atoms with Crippen LogP contribution in [0.2, 0.25) is 0 Å². The lowest BCUT2D eigenvalue weighted by Gasteiger charge is -2.32. The summed E-state index contributed by atoms with van der Waals surface area (Å²) in [5.41, 5.74) is 1.25. The van der Waals surface area contributed by atoms with Crippen molar-refractivity contribution < 1.29 is 32.6 Å². The SMILES string of the molecule is COc1ccc(OC2CCN(S(=O)(=O)c3cccc(OC)c3C(=O)NO)CC2)cc1. The van der Waals surface area contributed by atoms with Crippen LogP contribution < -0.4 is 19.7 Å². The number of rotatable bonds is 7. The number of amides is 1. The van der Waals surface area contributed by atoms with Crippen molar-refractivity contribution in [3.8, 4) is 17.2 Å². The summed E-state index contributed by atoms with van der Waals surface area (Å²) in [5, 5.41) is 9.03. The van der Waals surface area contributed by atoms with Crippen molar-refractivity contribution in [3.63, 3.8) is 0 Å². The molecule has 0 spiro atoms. The Hall–Kier alpha value is -2.82. The third kappa shape index (κ3) is 4.50. The minimum Gasteiger partial charge on any atom is -0.497 e. The quantitative estimate of drug-likeness (QED) is 0.504. The van der Waals surface area contributed by atoms with Crippen molar-refractivity contribution in [2.45, 2.75) is 23.8 Å². The summed E-state index contributed by atoms with van der Waals surface area (Å²) in [4.78, 5) is 11.9. The van der Waals surface area contributed by atoms with Crippen LogP contribution in [0.25, 0.3) is 0 Å². The average Bonchev–Trinajstić information content (AvgIpc) is 2.78. The van der Waals surface area contributed by atoms with Gasteiger partial charge in [-0.3, -0.25) is 10.0 Å². The smallest absolute Gasteiger partial charge is 0.279 e. The second-order valence-electron chi connectivity index (χ2n) is 6.67. The second-order valence-corrected chi connectivity index (χ2v) is 8.58. The molecule has 2 aromatic carbocycles. The van der Waals surface area contributed by atoms with Crippen LogP contribution in [0, 0.1) is 0 Å². The Bertz CT molecular complexity index is 985. The minimum atomic E-state index is -3.98. The van der Waals surface area contributed by atoms with E-state index in [9.17, 15) is 13.2 Å². The van der Waals surface area contributed by atoms with Crippen LogP contribution in [-0.4, -0.2) is 57.3 Å². The van der Waals surface area contributed by atoms with Gasteiger partial charge in [0, 0.05) is 13.1 Å². The van der Waals surface area contributed by atoms with Crippen molar-refractivity contribution in [1.29, 1.82) is 0 Å². The molecule has 0 atom stereocenters. The number of carbonyl (C=O) groups is 1. The van der Waals surface area contributed by atoms with E-state index in [2.05, 4.69) is 0 Å². The molecule has 0 aromatic heterocycles. The Balaban J connectivity index is 1.74. The predicted octanol–water partition coefficient (Wildman–Crippen LogP) is 2.05. The number of hydrogen-bond donors (Lipinski definition) is 2. The highest BCUT2D eigenvalue weighted by atomic mass is 32.2. The fraction of sp³-hybridized carbons (Fsp3) is 0.350. The highest BCUT2D eigenvalue weighted by Crippen LogP contribution is 2.30. The van der Waals surface area contributed by atoms with Gasteiger partial charge in [-0.1, -0.05) is 6.07 Å². The highest BCUT2D eigenvalue weighted by Gasteiger charge is 2.34. The number of hydroxylamine groups is 1. The van der Waals surface area contributed by atoms with E-state index >= 15 is 0 Å². The Kier molecular flexibility index (Phi) is 6.80. The molecular weight excluding hydrogens is 412 g/mol. The molecule has 0 unspecified atom stereocenters. The molecule has 0 saturated carbocycles. The van der Waals surface area contributed by atoms with Crippen molar-refractivity contribution in [2.75, 3.05) is 27.3 Å². The Morgan fingerprint density at radius 1 is 1.03 bits per heavy atom. The molecule has 162 valence electrons. The first-order valence-electron chi connectivity index (χ1n) is 9.33. The molecule has 10 heteroatoms. The van der Waals surface area contributed by atoms with Crippen LogP contribution >= 0.6 is 0 Å². The molecule has 2 aromatic rings. The van der Waals surface area contributed by atoms with Crippen LogP contribution in [0.1, 0.15) is 23.2 Å².